The topological polar surface area (TPSA) is 26.0 Å². The predicted octanol–water partition coefficient (Wildman–Crippen LogP) is 3.17. The van der Waals surface area contributed by atoms with Gasteiger partial charge in [-0.15, -0.1) is 11.3 Å². The first-order valence-corrected chi connectivity index (χ1v) is 4.69. The summed E-state index contributed by atoms with van der Waals surface area (Å²) in [6, 6.07) is 3.98. The van der Waals surface area contributed by atoms with Gasteiger partial charge in [-0.2, -0.15) is 0 Å². The largest absolute Gasteiger partial charge is 0.430 e. The maximum Gasteiger partial charge on any atom is 0.264 e. The molecule has 0 aliphatic rings. The van der Waals surface area contributed by atoms with Crippen LogP contribution in [0.1, 0.15) is 0 Å². The quantitative estimate of drug-likeness (QED) is 0.751. The van der Waals surface area contributed by atoms with Crippen LogP contribution in [0.15, 0.2) is 32.9 Å². The Balaban J connectivity index is 2.45. The number of thiophene rings is 1. The lowest BCUT2D eigenvalue weighted by Crippen LogP contribution is -1.59. The first kappa shape index (κ1) is 7.06. The van der Waals surface area contributed by atoms with Gasteiger partial charge in [-0.05, 0) is 11.4 Å². The number of aromatic nitrogens is 1. The van der Waals surface area contributed by atoms with Gasteiger partial charge in [-0.1, -0.05) is 6.07 Å². The minimum atomic E-state index is 0.529. The van der Waals surface area contributed by atoms with Crippen LogP contribution in [0.4, 0.5) is 0 Å². The molecule has 0 unspecified atom stereocenters. The van der Waals surface area contributed by atoms with E-state index in [1.54, 1.807) is 17.5 Å². The number of hydrogen-bond acceptors (Lipinski definition) is 3. The van der Waals surface area contributed by atoms with Crippen LogP contribution >= 0.6 is 27.3 Å². The zero-order valence-electron chi connectivity index (χ0n) is 5.45. The average Bonchev–Trinajstić information content (AvgIpc) is 2.55. The van der Waals surface area contributed by atoms with Gasteiger partial charge in [0.2, 0.25) is 0 Å². The Kier molecular flexibility index (Phi) is 1.79. The van der Waals surface area contributed by atoms with E-state index in [1.165, 1.54) is 0 Å². The third-order valence-corrected chi connectivity index (χ3v) is 2.49. The van der Waals surface area contributed by atoms with Crippen molar-refractivity contribution < 1.29 is 4.42 Å². The molecule has 0 saturated heterocycles. The number of halogens is 1. The molecule has 0 N–H and O–H groups in total. The lowest BCUT2D eigenvalue weighted by atomic mass is 10.4. The van der Waals surface area contributed by atoms with E-state index in [1.807, 2.05) is 17.5 Å². The maximum atomic E-state index is 5.24. The molecule has 0 atom stereocenters. The second-order valence-corrected chi connectivity index (χ2v) is 3.58. The van der Waals surface area contributed by atoms with Gasteiger partial charge in [0, 0.05) is 15.9 Å². The highest BCUT2D eigenvalue weighted by molar-refractivity contribution is 9.10. The van der Waals surface area contributed by atoms with Gasteiger partial charge in [0.15, 0.2) is 5.76 Å². The highest BCUT2D eigenvalue weighted by Crippen LogP contribution is 2.26. The second-order valence-electron chi connectivity index (χ2n) is 1.95. The molecule has 2 rings (SSSR count). The van der Waals surface area contributed by atoms with E-state index in [2.05, 4.69) is 20.9 Å². The second kappa shape index (κ2) is 2.79. The zero-order valence-corrected chi connectivity index (χ0v) is 7.85. The van der Waals surface area contributed by atoms with Gasteiger partial charge in [0.05, 0.1) is 11.1 Å². The molecule has 2 heterocycles. The SMILES string of the molecule is Brc1ncc(-c2cccs2)o1. The van der Waals surface area contributed by atoms with E-state index in [-0.39, 0.29) is 0 Å². The third-order valence-electron chi connectivity index (χ3n) is 1.24. The van der Waals surface area contributed by atoms with Crippen molar-refractivity contribution in [3.8, 4) is 10.6 Å². The summed E-state index contributed by atoms with van der Waals surface area (Å²) >= 11 is 4.78. The fourth-order valence-electron chi connectivity index (χ4n) is 0.785. The van der Waals surface area contributed by atoms with Crippen LogP contribution in [0.25, 0.3) is 10.6 Å². The predicted molar refractivity (Wildman–Crippen MR) is 47.5 cm³/mol. The minimum absolute atomic E-state index is 0.529. The molecule has 0 saturated carbocycles. The molecule has 4 heteroatoms. The van der Waals surface area contributed by atoms with Gasteiger partial charge in [-0.3, -0.25) is 0 Å². The van der Waals surface area contributed by atoms with E-state index < -0.39 is 0 Å². The Hall–Kier alpha value is -0.610. The normalized spacial score (nSPS) is 10.3. The fraction of sp³-hybridized carbons (Fsp3) is 0. The van der Waals surface area contributed by atoms with Gasteiger partial charge in [0.1, 0.15) is 0 Å². The Morgan fingerprint density at radius 1 is 1.55 bits per heavy atom. The Morgan fingerprint density at radius 3 is 3.00 bits per heavy atom. The molecule has 56 valence electrons. The van der Waals surface area contributed by atoms with Crippen LogP contribution < -0.4 is 0 Å². The van der Waals surface area contributed by atoms with Gasteiger partial charge >= 0.3 is 0 Å². The molecule has 11 heavy (non-hydrogen) atoms. The van der Waals surface area contributed by atoms with Crippen molar-refractivity contribution in [3.05, 3.63) is 28.5 Å². The highest BCUT2D eigenvalue weighted by Gasteiger charge is 2.03. The lowest BCUT2D eigenvalue weighted by Gasteiger charge is -1.84. The fourth-order valence-corrected chi connectivity index (χ4v) is 1.73. The van der Waals surface area contributed by atoms with Gasteiger partial charge < -0.3 is 4.42 Å². The van der Waals surface area contributed by atoms with Crippen LogP contribution in [-0.2, 0) is 0 Å². The molecular formula is C7H4BrNOS. The Bertz CT molecular complexity index is 341. The summed E-state index contributed by atoms with van der Waals surface area (Å²) < 4.78 is 5.24. The van der Waals surface area contributed by atoms with E-state index in [0.717, 1.165) is 10.6 Å². The number of rotatable bonds is 1. The van der Waals surface area contributed by atoms with Crippen LogP contribution in [-0.4, -0.2) is 4.98 Å². The van der Waals surface area contributed by atoms with E-state index in [4.69, 9.17) is 4.42 Å². The third kappa shape index (κ3) is 1.36. The zero-order chi connectivity index (χ0) is 7.68. The molecule has 0 aliphatic carbocycles. The molecule has 2 aromatic heterocycles. The van der Waals surface area contributed by atoms with Crippen LogP contribution in [0.5, 0.6) is 0 Å². The summed E-state index contributed by atoms with van der Waals surface area (Å²) in [4.78, 5) is 5.56. The summed E-state index contributed by atoms with van der Waals surface area (Å²) in [5.41, 5.74) is 0. The molecule has 0 radical (unpaired) electrons. The van der Waals surface area contributed by atoms with Crippen LogP contribution in [0.3, 0.4) is 0 Å². The summed E-state index contributed by atoms with van der Waals surface area (Å²) in [7, 11) is 0. The molecule has 2 aromatic rings. The molecular weight excluding hydrogens is 226 g/mol. The standard InChI is InChI=1S/C7H4BrNOS/c8-7-9-4-5(10-7)6-2-1-3-11-6/h1-4H. The minimum Gasteiger partial charge on any atom is -0.430 e. The Labute approximate surface area is 76.0 Å². The number of hydrogen-bond donors (Lipinski definition) is 0. The summed E-state index contributed by atoms with van der Waals surface area (Å²) in [5, 5.41) is 2.01. The molecule has 0 bridgehead atoms. The smallest absolute Gasteiger partial charge is 0.264 e. The maximum absolute atomic E-state index is 5.24. The summed E-state index contributed by atoms with van der Waals surface area (Å²) in [6.45, 7) is 0. The molecule has 0 fully saturated rings. The number of oxazole rings is 1. The monoisotopic (exact) mass is 229 g/mol. The first-order valence-electron chi connectivity index (χ1n) is 3.01. The van der Waals surface area contributed by atoms with Gasteiger partial charge in [0.25, 0.3) is 4.80 Å². The summed E-state index contributed by atoms with van der Waals surface area (Å²) in [5.74, 6) is 0.812. The summed E-state index contributed by atoms with van der Waals surface area (Å²) in [6.07, 6.45) is 1.70. The van der Waals surface area contributed by atoms with Crippen molar-refractivity contribution in [1.82, 2.24) is 4.98 Å². The average molecular weight is 230 g/mol. The Morgan fingerprint density at radius 2 is 2.45 bits per heavy atom. The lowest BCUT2D eigenvalue weighted by molar-refractivity contribution is 0.543. The van der Waals surface area contributed by atoms with Crippen molar-refractivity contribution in [1.29, 1.82) is 0 Å². The molecule has 0 aromatic carbocycles. The molecule has 2 nitrogen and oxygen atoms in total. The van der Waals surface area contributed by atoms with Crippen LogP contribution in [0, 0.1) is 0 Å². The van der Waals surface area contributed by atoms with Crippen molar-refractivity contribution >= 4 is 27.3 Å². The van der Waals surface area contributed by atoms with Gasteiger partial charge in [-0.25, -0.2) is 4.98 Å². The molecule has 0 spiro atoms. The molecule has 0 aliphatic heterocycles. The van der Waals surface area contributed by atoms with Crippen molar-refractivity contribution in [2.24, 2.45) is 0 Å². The van der Waals surface area contributed by atoms with Crippen molar-refractivity contribution in [3.63, 3.8) is 0 Å². The van der Waals surface area contributed by atoms with Crippen molar-refractivity contribution in [2.45, 2.75) is 0 Å². The van der Waals surface area contributed by atoms with Crippen molar-refractivity contribution in [2.75, 3.05) is 0 Å². The highest BCUT2D eigenvalue weighted by atomic mass is 79.9. The molecule has 0 amide bonds. The van der Waals surface area contributed by atoms with E-state index in [0.29, 0.717) is 4.80 Å². The number of nitrogens with zero attached hydrogens (tertiary/aromatic N) is 1. The van der Waals surface area contributed by atoms with E-state index >= 15 is 0 Å². The first-order chi connectivity index (χ1) is 5.36. The van der Waals surface area contributed by atoms with Crippen LogP contribution in [0.2, 0.25) is 0 Å². The van der Waals surface area contributed by atoms with E-state index in [9.17, 15) is 0 Å².